The maximum Gasteiger partial charge on any atom is 0.252 e. The van der Waals surface area contributed by atoms with Gasteiger partial charge in [0.25, 0.3) is 5.91 Å². The van der Waals surface area contributed by atoms with Crippen LogP contribution in [-0.4, -0.2) is 34.9 Å². The number of hydrogen-bond donors (Lipinski definition) is 2. The predicted octanol–water partition coefficient (Wildman–Crippen LogP) is 3.77. The Labute approximate surface area is 186 Å². The fourth-order valence-electron chi connectivity index (χ4n) is 3.62. The van der Waals surface area contributed by atoms with Gasteiger partial charge in [-0.25, -0.2) is 0 Å². The van der Waals surface area contributed by atoms with Crippen molar-refractivity contribution in [2.75, 3.05) is 13.1 Å². The van der Waals surface area contributed by atoms with Gasteiger partial charge in [-0.05, 0) is 30.5 Å². The third-order valence-electron chi connectivity index (χ3n) is 5.18. The molecule has 1 aliphatic rings. The van der Waals surface area contributed by atoms with E-state index in [9.17, 15) is 4.79 Å². The van der Waals surface area contributed by atoms with Gasteiger partial charge in [-0.2, -0.15) is 0 Å². The van der Waals surface area contributed by atoms with Crippen LogP contribution in [0.2, 0.25) is 0 Å². The van der Waals surface area contributed by atoms with Gasteiger partial charge in [0.1, 0.15) is 0 Å². The monoisotopic (exact) mass is 442 g/mol. The number of aromatic nitrogens is 1. The van der Waals surface area contributed by atoms with E-state index in [1.165, 1.54) is 22.1 Å². The summed E-state index contributed by atoms with van der Waals surface area (Å²) in [5, 5.41) is 3.40. The molecule has 2 aromatic rings. The van der Waals surface area contributed by atoms with Gasteiger partial charge in [0.15, 0.2) is 0 Å². The number of nitrogens with zero attached hydrogens (tertiary/aromatic N) is 2. The second-order valence-electron chi connectivity index (χ2n) is 7.29. The highest BCUT2D eigenvalue weighted by Crippen LogP contribution is 2.23. The molecular weight excluding hydrogens is 416 g/mol. The Hall–Kier alpha value is -2.41. The minimum atomic E-state index is -0.253. The SMILES string of the molecule is C=C(N)/C=C(C(=O)NCC(Cc1cncs1)N1CCc2ccccc2C1)\C(Cl)=C/C. The third-order valence-corrected chi connectivity index (χ3v) is 6.40. The molecule has 1 aliphatic heterocycles. The first-order valence-corrected chi connectivity index (χ1v) is 11.2. The highest BCUT2D eigenvalue weighted by molar-refractivity contribution is 7.09. The highest BCUT2D eigenvalue weighted by Gasteiger charge is 2.25. The Morgan fingerprint density at radius 3 is 2.87 bits per heavy atom. The number of rotatable bonds is 8. The van der Waals surface area contributed by atoms with Crippen molar-refractivity contribution < 1.29 is 4.79 Å². The number of fused-ring (bicyclic) bond motifs is 1. The van der Waals surface area contributed by atoms with Gasteiger partial charge in [0.2, 0.25) is 0 Å². The summed E-state index contributed by atoms with van der Waals surface area (Å²) in [6.45, 7) is 7.76. The van der Waals surface area contributed by atoms with Crippen molar-refractivity contribution in [3.8, 4) is 0 Å². The van der Waals surface area contributed by atoms with E-state index in [4.69, 9.17) is 17.3 Å². The van der Waals surface area contributed by atoms with Gasteiger partial charge in [-0.3, -0.25) is 14.7 Å². The second kappa shape index (κ2) is 10.6. The number of carbonyl (C=O) groups is 1. The molecule has 3 N–H and O–H groups in total. The summed E-state index contributed by atoms with van der Waals surface area (Å²) in [6, 6.07) is 8.70. The summed E-state index contributed by atoms with van der Waals surface area (Å²) in [7, 11) is 0. The van der Waals surface area contributed by atoms with Gasteiger partial charge in [-0.15, -0.1) is 11.3 Å². The maximum atomic E-state index is 12.8. The van der Waals surface area contributed by atoms with Crippen molar-refractivity contribution in [2.45, 2.75) is 32.4 Å². The molecule has 0 bridgehead atoms. The molecule has 7 heteroatoms. The van der Waals surface area contributed by atoms with E-state index in [0.29, 0.717) is 17.2 Å². The number of benzene rings is 1. The molecule has 0 saturated heterocycles. The van der Waals surface area contributed by atoms with Crippen LogP contribution in [0.5, 0.6) is 0 Å². The summed E-state index contributed by atoms with van der Waals surface area (Å²) in [5.41, 5.74) is 10.9. The topological polar surface area (TPSA) is 71.2 Å². The molecule has 0 aliphatic carbocycles. The van der Waals surface area contributed by atoms with E-state index in [0.717, 1.165) is 25.9 Å². The van der Waals surface area contributed by atoms with Crippen LogP contribution in [0, 0.1) is 0 Å². The van der Waals surface area contributed by atoms with Crippen LogP contribution in [0.4, 0.5) is 0 Å². The summed E-state index contributed by atoms with van der Waals surface area (Å²) in [4.78, 5) is 20.7. The smallest absolute Gasteiger partial charge is 0.252 e. The van der Waals surface area contributed by atoms with Gasteiger partial charge in [0, 0.05) is 53.9 Å². The van der Waals surface area contributed by atoms with E-state index in [2.05, 4.69) is 46.0 Å². The van der Waals surface area contributed by atoms with Gasteiger partial charge >= 0.3 is 0 Å². The summed E-state index contributed by atoms with van der Waals surface area (Å²) in [6.07, 6.45) is 6.91. The van der Waals surface area contributed by atoms with Crippen molar-refractivity contribution in [1.82, 2.24) is 15.2 Å². The number of carbonyl (C=O) groups excluding carboxylic acids is 1. The third kappa shape index (κ3) is 5.81. The van der Waals surface area contributed by atoms with Crippen LogP contribution in [0.25, 0.3) is 0 Å². The molecule has 1 unspecified atom stereocenters. The second-order valence-corrected chi connectivity index (χ2v) is 8.67. The molecule has 1 aromatic heterocycles. The van der Waals surface area contributed by atoms with E-state index < -0.39 is 0 Å². The van der Waals surface area contributed by atoms with Crippen LogP contribution in [-0.2, 0) is 24.2 Å². The first kappa shape index (κ1) is 22.3. The van der Waals surface area contributed by atoms with E-state index in [1.54, 1.807) is 24.3 Å². The van der Waals surface area contributed by atoms with Gasteiger partial charge in [-0.1, -0.05) is 48.5 Å². The molecule has 158 valence electrons. The lowest BCUT2D eigenvalue weighted by Crippen LogP contribution is -2.47. The van der Waals surface area contributed by atoms with Crippen LogP contribution < -0.4 is 11.1 Å². The van der Waals surface area contributed by atoms with Crippen molar-refractivity contribution in [2.24, 2.45) is 5.73 Å². The summed E-state index contributed by atoms with van der Waals surface area (Å²) >= 11 is 7.86. The average molecular weight is 443 g/mol. The fourth-order valence-corrected chi connectivity index (χ4v) is 4.43. The molecule has 1 amide bonds. The number of hydrogen-bond acceptors (Lipinski definition) is 5. The zero-order valence-corrected chi connectivity index (χ0v) is 18.7. The Morgan fingerprint density at radius 1 is 1.43 bits per heavy atom. The first-order chi connectivity index (χ1) is 14.5. The molecule has 2 heterocycles. The molecule has 0 fully saturated rings. The molecule has 0 radical (unpaired) electrons. The van der Waals surface area contributed by atoms with Crippen LogP contribution >= 0.6 is 22.9 Å². The van der Waals surface area contributed by atoms with Crippen LogP contribution in [0.15, 0.2) is 71.0 Å². The lowest BCUT2D eigenvalue weighted by molar-refractivity contribution is -0.117. The van der Waals surface area contributed by atoms with Crippen LogP contribution in [0.3, 0.4) is 0 Å². The largest absolute Gasteiger partial charge is 0.399 e. The Balaban J connectivity index is 1.75. The molecule has 0 spiro atoms. The zero-order chi connectivity index (χ0) is 21.5. The number of nitrogens with one attached hydrogen (secondary N) is 1. The fraction of sp³-hybridized carbons (Fsp3) is 0.304. The van der Waals surface area contributed by atoms with Crippen molar-refractivity contribution >= 4 is 28.8 Å². The molecule has 1 aromatic carbocycles. The molecule has 1 atom stereocenters. The zero-order valence-electron chi connectivity index (χ0n) is 17.1. The van der Waals surface area contributed by atoms with Crippen molar-refractivity contribution in [1.29, 1.82) is 0 Å². The van der Waals surface area contributed by atoms with Crippen molar-refractivity contribution in [3.05, 3.63) is 87.0 Å². The summed E-state index contributed by atoms with van der Waals surface area (Å²) < 4.78 is 0. The lowest BCUT2D eigenvalue weighted by Gasteiger charge is -2.35. The first-order valence-electron chi connectivity index (χ1n) is 9.92. The standard InChI is InChI=1S/C23H27ClN4OS/c1-3-22(24)21(10-16(2)25)23(29)27-12-19(11-20-13-26-15-30-20)28-9-8-17-6-4-5-7-18(17)14-28/h3-7,10,13,15,19H,2,8-9,11-12,14,25H2,1H3,(H,27,29)/b21-10+,22-3+. The van der Waals surface area contributed by atoms with E-state index in [1.807, 2.05) is 11.7 Å². The highest BCUT2D eigenvalue weighted by atomic mass is 35.5. The molecular formula is C23H27ClN4OS. The normalized spacial score (nSPS) is 16.1. The Morgan fingerprint density at radius 2 is 2.20 bits per heavy atom. The van der Waals surface area contributed by atoms with E-state index >= 15 is 0 Å². The molecule has 5 nitrogen and oxygen atoms in total. The van der Waals surface area contributed by atoms with Crippen LogP contribution in [0.1, 0.15) is 22.9 Å². The van der Waals surface area contributed by atoms with Crippen molar-refractivity contribution in [3.63, 3.8) is 0 Å². The molecule has 0 saturated carbocycles. The number of amides is 1. The predicted molar refractivity (Wildman–Crippen MR) is 124 cm³/mol. The maximum absolute atomic E-state index is 12.8. The Bertz CT molecular complexity index is 952. The number of nitrogens with two attached hydrogens (primary N) is 1. The van der Waals surface area contributed by atoms with Gasteiger partial charge in [0.05, 0.1) is 11.1 Å². The quantitative estimate of drug-likeness (QED) is 0.482. The number of halogens is 1. The Kier molecular flexibility index (Phi) is 7.85. The number of thiazole rings is 1. The lowest BCUT2D eigenvalue weighted by atomic mass is 9.97. The summed E-state index contributed by atoms with van der Waals surface area (Å²) in [5.74, 6) is -0.253. The van der Waals surface area contributed by atoms with Gasteiger partial charge < -0.3 is 11.1 Å². The number of allylic oxidation sites excluding steroid dienone is 2. The van der Waals surface area contributed by atoms with E-state index in [-0.39, 0.29) is 17.6 Å². The average Bonchev–Trinajstić information content (AvgIpc) is 3.27. The minimum Gasteiger partial charge on any atom is -0.399 e. The minimum absolute atomic E-state index is 0.148. The molecule has 30 heavy (non-hydrogen) atoms. The molecule has 3 rings (SSSR count).